The molecule has 0 fully saturated rings. The Kier molecular flexibility index (Phi) is 4.37. The lowest BCUT2D eigenvalue weighted by Crippen LogP contribution is -2.12. The van der Waals surface area contributed by atoms with E-state index in [0.717, 1.165) is 11.3 Å². The number of rotatable bonds is 3. The highest BCUT2D eigenvalue weighted by molar-refractivity contribution is 7.13. The molecule has 0 aliphatic carbocycles. The first-order valence-corrected chi connectivity index (χ1v) is 7.55. The number of ether oxygens (including phenoxy) is 1. The normalized spacial score (nSPS) is 11.7. The predicted molar refractivity (Wildman–Crippen MR) is 83.0 cm³/mol. The molecule has 0 spiro atoms. The smallest absolute Gasteiger partial charge is 0.280 e. The van der Waals surface area contributed by atoms with Gasteiger partial charge in [-0.25, -0.2) is 0 Å². The Morgan fingerprint density at radius 3 is 2.60 bits per heavy atom. The number of nitrogens with zero attached hydrogens (tertiary/aromatic N) is 1. The van der Waals surface area contributed by atoms with Gasteiger partial charge in [0.25, 0.3) is 5.19 Å². The molecule has 0 atom stereocenters. The molecule has 1 N–H and O–H groups in total. The van der Waals surface area contributed by atoms with Gasteiger partial charge in [0.2, 0.25) is 0 Å². The minimum absolute atomic E-state index is 0.0256. The predicted octanol–water partition coefficient (Wildman–Crippen LogP) is 4.69. The highest BCUT2D eigenvalue weighted by Crippen LogP contribution is 2.37. The number of aromatic nitrogens is 1. The van der Waals surface area contributed by atoms with Crippen molar-refractivity contribution in [2.75, 3.05) is 0 Å². The van der Waals surface area contributed by atoms with Gasteiger partial charge in [0.05, 0.1) is 11.5 Å². The minimum Gasteiger partial charge on any atom is -0.431 e. The van der Waals surface area contributed by atoms with Crippen molar-refractivity contribution in [3.63, 3.8) is 0 Å². The average Bonchev–Trinajstić information content (AvgIpc) is 2.70. The van der Waals surface area contributed by atoms with Crippen LogP contribution in [0.1, 0.15) is 36.8 Å². The summed E-state index contributed by atoms with van der Waals surface area (Å²) in [4.78, 5) is 4.74. The summed E-state index contributed by atoms with van der Waals surface area (Å²) in [6, 6.07) is 6.08. The van der Waals surface area contributed by atoms with Gasteiger partial charge >= 0.3 is 0 Å². The summed E-state index contributed by atoms with van der Waals surface area (Å²) in [5.74, 6) is 0.776. The molecular weight excluding hydrogens is 294 g/mol. The van der Waals surface area contributed by atoms with E-state index < -0.39 is 0 Å². The van der Waals surface area contributed by atoms with Gasteiger partial charge in [-0.1, -0.05) is 61.4 Å². The molecule has 20 heavy (non-hydrogen) atoms. The van der Waals surface area contributed by atoms with Crippen LogP contribution in [0.15, 0.2) is 18.2 Å². The molecule has 0 radical (unpaired) electrons. The third-order valence-electron chi connectivity index (χ3n) is 2.91. The third-order valence-corrected chi connectivity index (χ3v) is 4.26. The van der Waals surface area contributed by atoms with Crippen molar-refractivity contribution < 1.29 is 9.84 Å². The van der Waals surface area contributed by atoms with Crippen molar-refractivity contribution in [2.24, 2.45) is 0 Å². The van der Waals surface area contributed by atoms with Gasteiger partial charge < -0.3 is 9.84 Å². The molecule has 0 aliphatic heterocycles. The second kappa shape index (κ2) is 5.72. The van der Waals surface area contributed by atoms with Gasteiger partial charge in [0.1, 0.15) is 10.9 Å². The Labute approximate surface area is 128 Å². The van der Waals surface area contributed by atoms with Crippen LogP contribution >= 0.6 is 22.9 Å². The van der Waals surface area contributed by atoms with Crippen molar-refractivity contribution in [1.82, 2.24) is 4.98 Å². The summed E-state index contributed by atoms with van der Waals surface area (Å²) in [7, 11) is 0. The molecule has 2 aromatic rings. The van der Waals surface area contributed by atoms with Crippen molar-refractivity contribution >= 4 is 22.9 Å². The largest absolute Gasteiger partial charge is 0.431 e. The fraction of sp³-hybridized carbons (Fsp3) is 0.400. The summed E-state index contributed by atoms with van der Waals surface area (Å²) in [6.07, 6.45) is 0. The second-order valence-corrected chi connectivity index (χ2v) is 7.11. The summed E-state index contributed by atoms with van der Waals surface area (Å²) in [6.45, 7) is 8.36. The van der Waals surface area contributed by atoms with Crippen LogP contribution in [0.4, 0.5) is 0 Å². The number of aliphatic hydroxyl groups is 1. The molecule has 0 aliphatic rings. The Balaban J connectivity index is 2.38. The topological polar surface area (TPSA) is 42.4 Å². The Morgan fingerprint density at radius 2 is 2.05 bits per heavy atom. The lowest BCUT2D eigenvalue weighted by molar-refractivity contribution is 0.285. The van der Waals surface area contributed by atoms with Crippen molar-refractivity contribution in [3.8, 4) is 10.9 Å². The SMILES string of the molecule is Cc1ccc(Oc2nc(Cl)c(CO)s2)c(C(C)(C)C)c1. The number of benzene rings is 1. The molecule has 1 heterocycles. The maximum Gasteiger partial charge on any atom is 0.280 e. The van der Waals surface area contributed by atoms with Crippen molar-refractivity contribution in [1.29, 1.82) is 0 Å². The van der Waals surface area contributed by atoms with Gasteiger partial charge in [0, 0.05) is 5.56 Å². The summed E-state index contributed by atoms with van der Waals surface area (Å²) >= 11 is 7.19. The monoisotopic (exact) mass is 311 g/mol. The number of aliphatic hydroxyl groups excluding tert-OH is 1. The molecule has 5 heteroatoms. The van der Waals surface area contributed by atoms with Gasteiger partial charge in [-0.3, -0.25) is 0 Å². The maximum absolute atomic E-state index is 9.15. The number of hydrogen-bond donors (Lipinski definition) is 1. The maximum atomic E-state index is 9.15. The van der Waals surface area contributed by atoms with E-state index >= 15 is 0 Å². The fourth-order valence-electron chi connectivity index (χ4n) is 1.87. The fourth-order valence-corrected chi connectivity index (χ4v) is 2.84. The zero-order chi connectivity index (χ0) is 14.9. The first-order chi connectivity index (χ1) is 9.31. The van der Waals surface area contributed by atoms with Crippen LogP contribution in [0.2, 0.25) is 5.15 Å². The van der Waals surface area contributed by atoms with Gasteiger partial charge in [-0.05, 0) is 18.4 Å². The third kappa shape index (κ3) is 3.32. The quantitative estimate of drug-likeness (QED) is 0.894. The van der Waals surface area contributed by atoms with Crippen LogP contribution in [-0.2, 0) is 12.0 Å². The first kappa shape index (κ1) is 15.3. The average molecular weight is 312 g/mol. The number of halogens is 1. The van der Waals surface area contributed by atoms with Crippen LogP contribution in [0.25, 0.3) is 0 Å². The Morgan fingerprint density at radius 1 is 1.35 bits per heavy atom. The lowest BCUT2D eigenvalue weighted by atomic mass is 9.85. The Bertz CT molecular complexity index is 617. The number of hydrogen-bond acceptors (Lipinski definition) is 4. The molecule has 0 unspecified atom stereocenters. The van der Waals surface area contributed by atoms with E-state index in [-0.39, 0.29) is 12.0 Å². The first-order valence-electron chi connectivity index (χ1n) is 6.36. The summed E-state index contributed by atoms with van der Waals surface area (Å²) in [5.41, 5.74) is 2.28. The molecule has 108 valence electrons. The second-order valence-electron chi connectivity index (χ2n) is 5.70. The molecule has 2 rings (SSSR count). The summed E-state index contributed by atoms with van der Waals surface area (Å²) < 4.78 is 5.87. The molecular formula is C15H18ClNO2S. The van der Waals surface area contributed by atoms with Crippen molar-refractivity contribution in [3.05, 3.63) is 39.4 Å². The van der Waals surface area contributed by atoms with E-state index in [2.05, 4.69) is 38.7 Å². The van der Waals surface area contributed by atoms with Crippen LogP contribution in [0.3, 0.4) is 0 Å². The minimum atomic E-state index is -0.125. The Hall–Kier alpha value is -1.10. The van der Waals surface area contributed by atoms with Crippen LogP contribution < -0.4 is 4.74 Å². The molecule has 0 amide bonds. The van der Waals surface area contributed by atoms with E-state index in [1.54, 1.807) is 0 Å². The van der Waals surface area contributed by atoms with E-state index in [1.165, 1.54) is 16.9 Å². The number of aryl methyl sites for hydroxylation is 1. The zero-order valence-electron chi connectivity index (χ0n) is 12.0. The molecule has 3 nitrogen and oxygen atoms in total. The van der Waals surface area contributed by atoms with Crippen LogP contribution in [0, 0.1) is 6.92 Å². The molecule has 0 saturated carbocycles. The zero-order valence-corrected chi connectivity index (χ0v) is 13.6. The summed E-state index contributed by atoms with van der Waals surface area (Å²) in [5, 5.41) is 9.90. The van der Waals surface area contributed by atoms with Gasteiger partial charge in [-0.15, -0.1) is 0 Å². The molecule has 1 aromatic heterocycles. The van der Waals surface area contributed by atoms with E-state index in [0.29, 0.717) is 15.2 Å². The van der Waals surface area contributed by atoms with Crippen LogP contribution in [0.5, 0.6) is 10.9 Å². The molecule has 1 aromatic carbocycles. The van der Waals surface area contributed by atoms with E-state index in [9.17, 15) is 0 Å². The number of thiazole rings is 1. The molecule has 0 saturated heterocycles. The highest BCUT2D eigenvalue weighted by atomic mass is 35.5. The van der Waals surface area contributed by atoms with Gasteiger partial charge in [0.15, 0.2) is 0 Å². The standard InChI is InChI=1S/C15H18ClNO2S/c1-9-5-6-11(10(7-9)15(2,3)4)19-14-17-13(16)12(8-18)20-14/h5-7,18H,8H2,1-4H3. The lowest BCUT2D eigenvalue weighted by Gasteiger charge is -2.22. The van der Waals surface area contributed by atoms with E-state index in [1.807, 2.05) is 12.1 Å². The van der Waals surface area contributed by atoms with Gasteiger partial charge in [-0.2, -0.15) is 4.98 Å². The highest BCUT2D eigenvalue weighted by Gasteiger charge is 2.20. The van der Waals surface area contributed by atoms with Crippen LogP contribution in [-0.4, -0.2) is 10.1 Å². The molecule has 0 bridgehead atoms. The van der Waals surface area contributed by atoms with E-state index in [4.69, 9.17) is 21.4 Å². The van der Waals surface area contributed by atoms with Crippen molar-refractivity contribution in [2.45, 2.75) is 39.7 Å².